The van der Waals surface area contributed by atoms with Gasteiger partial charge in [-0.25, -0.2) is 8.42 Å². The third-order valence-corrected chi connectivity index (χ3v) is 14.0. The molecule has 0 saturated heterocycles. The number of benzene rings is 1. The molecule has 0 unspecified atom stereocenters. The number of aryl methyl sites for hydroxylation is 1. The number of hydrogen-bond acceptors (Lipinski definition) is 2. The Hall–Kier alpha value is -3.69. The number of sulfone groups is 1. The van der Waals surface area contributed by atoms with Crippen LogP contribution in [0.15, 0.2) is 157 Å². The second kappa shape index (κ2) is 35.5. The van der Waals surface area contributed by atoms with E-state index in [2.05, 4.69) is 137 Å². The fourth-order valence-corrected chi connectivity index (χ4v) is 8.87. The van der Waals surface area contributed by atoms with E-state index in [1.54, 1.807) is 12.1 Å². The van der Waals surface area contributed by atoms with Gasteiger partial charge in [0.25, 0.3) is 0 Å². The van der Waals surface area contributed by atoms with E-state index in [1.165, 1.54) is 81.4 Å². The van der Waals surface area contributed by atoms with Crippen molar-refractivity contribution < 1.29 is 8.42 Å². The van der Waals surface area contributed by atoms with Gasteiger partial charge in [-0.2, -0.15) is 0 Å². The molecular formula is C62H96O2S. The molecule has 0 aliphatic rings. The Bertz CT molecular complexity index is 1990. The third kappa shape index (κ3) is 33.4. The van der Waals surface area contributed by atoms with Gasteiger partial charge in [-0.3, -0.25) is 0 Å². The van der Waals surface area contributed by atoms with Crippen LogP contribution in [0.4, 0.5) is 0 Å². The van der Waals surface area contributed by atoms with E-state index in [0.717, 1.165) is 114 Å². The molecule has 0 amide bonds. The van der Waals surface area contributed by atoms with Crippen LogP contribution in [0.5, 0.6) is 0 Å². The fourth-order valence-electron chi connectivity index (χ4n) is 7.62. The lowest BCUT2D eigenvalue weighted by atomic mass is 10.0. The highest BCUT2D eigenvalue weighted by atomic mass is 32.2. The van der Waals surface area contributed by atoms with Gasteiger partial charge in [0.2, 0.25) is 0 Å². The van der Waals surface area contributed by atoms with E-state index < -0.39 is 9.84 Å². The highest BCUT2D eigenvalue weighted by Crippen LogP contribution is 2.20. The summed E-state index contributed by atoms with van der Waals surface area (Å²) in [5, 5.41) is 0. The highest BCUT2D eigenvalue weighted by molar-refractivity contribution is 7.91. The third-order valence-electron chi connectivity index (χ3n) is 12.4. The molecular weight excluding hydrogens is 809 g/mol. The number of allylic oxidation sites excluding steroid dienone is 21. The highest BCUT2D eigenvalue weighted by Gasteiger charge is 2.12. The van der Waals surface area contributed by atoms with Crippen LogP contribution >= 0.6 is 0 Å². The standard InChI is InChI=1S/C62H96O2S/c1-50(2)24-14-25-51(3)26-15-27-52(4)28-16-29-53(5)30-17-31-54(6)32-18-33-55(7)34-19-35-56(8)36-20-37-57(9)38-21-39-58(10)40-22-41-59(11)42-23-43-60(12)48-49-65(63,64)62-46-44-61(13)45-47-62/h24,26,28,30,32,34,36,38,40,42,44-48H,14-23,25,27,29,31,33,35,37,39,41,43,49H2,1-13H3/b51-26+,52-28+,53-30-,54-32-,55-34-,56-36-,57-38-,58-40-,59-42-,60-48-. The lowest BCUT2D eigenvalue weighted by molar-refractivity contribution is 0.599. The molecule has 0 heterocycles. The van der Waals surface area contributed by atoms with Crippen LogP contribution < -0.4 is 0 Å². The first-order chi connectivity index (χ1) is 30.9. The van der Waals surface area contributed by atoms with Gasteiger partial charge in [0.15, 0.2) is 9.84 Å². The second-order valence-electron chi connectivity index (χ2n) is 19.8. The largest absolute Gasteiger partial charge is 0.223 e. The maximum atomic E-state index is 12.6. The van der Waals surface area contributed by atoms with Crippen molar-refractivity contribution in [2.24, 2.45) is 0 Å². The molecule has 0 aromatic heterocycles. The Balaban J connectivity index is 2.25. The molecule has 0 saturated carbocycles. The smallest absolute Gasteiger partial charge is 0.181 e. The van der Waals surface area contributed by atoms with Gasteiger partial charge >= 0.3 is 0 Å². The first-order valence-corrected chi connectivity index (χ1v) is 27.0. The maximum Gasteiger partial charge on any atom is 0.181 e. The van der Waals surface area contributed by atoms with Crippen LogP contribution in [0.2, 0.25) is 0 Å². The average Bonchev–Trinajstić information content (AvgIpc) is 3.23. The van der Waals surface area contributed by atoms with Crippen molar-refractivity contribution in [1.82, 2.24) is 0 Å². The van der Waals surface area contributed by atoms with E-state index in [1.807, 2.05) is 32.1 Å². The molecule has 0 bridgehead atoms. The summed E-state index contributed by atoms with van der Waals surface area (Å²) in [7, 11) is -3.28. The Morgan fingerprint density at radius 1 is 0.323 bits per heavy atom. The van der Waals surface area contributed by atoms with Gasteiger partial charge in [0.05, 0.1) is 10.6 Å². The summed E-state index contributed by atoms with van der Waals surface area (Å²) in [5.74, 6) is 0.0619. The number of rotatable bonds is 33. The van der Waals surface area contributed by atoms with Crippen molar-refractivity contribution in [2.75, 3.05) is 5.75 Å². The fraction of sp³-hybridized carbons (Fsp3) is 0.548. The van der Waals surface area contributed by atoms with Crippen molar-refractivity contribution in [3.8, 4) is 0 Å². The Morgan fingerprint density at radius 3 is 0.738 bits per heavy atom. The van der Waals surface area contributed by atoms with Crippen molar-refractivity contribution in [1.29, 1.82) is 0 Å². The molecule has 65 heavy (non-hydrogen) atoms. The van der Waals surface area contributed by atoms with Gasteiger partial charge in [-0.1, -0.05) is 146 Å². The zero-order valence-corrected chi connectivity index (χ0v) is 45.1. The van der Waals surface area contributed by atoms with E-state index in [4.69, 9.17) is 0 Å². The molecule has 0 aliphatic carbocycles. The van der Waals surface area contributed by atoms with E-state index in [-0.39, 0.29) is 5.75 Å². The summed E-state index contributed by atoms with van der Waals surface area (Å²) in [6, 6.07) is 7.12. The molecule has 1 aromatic carbocycles. The molecule has 0 radical (unpaired) electrons. The lowest BCUT2D eigenvalue weighted by Crippen LogP contribution is -2.05. The topological polar surface area (TPSA) is 34.1 Å². The van der Waals surface area contributed by atoms with Gasteiger partial charge < -0.3 is 0 Å². The first-order valence-electron chi connectivity index (χ1n) is 25.3. The van der Waals surface area contributed by atoms with Gasteiger partial charge in [-0.15, -0.1) is 0 Å². The van der Waals surface area contributed by atoms with Crippen LogP contribution in [-0.2, 0) is 9.84 Å². The Morgan fingerprint density at radius 2 is 0.523 bits per heavy atom. The van der Waals surface area contributed by atoms with Gasteiger partial charge in [0.1, 0.15) is 0 Å². The van der Waals surface area contributed by atoms with Crippen LogP contribution in [0.25, 0.3) is 0 Å². The van der Waals surface area contributed by atoms with Crippen molar-refractivity contribution in [2.45, 2.75) is 223 Å². The molecule has 1 rings (SSSR count). The zero-order chi connectivity index (χ0) is 48.5. The Kier molecular flexibility index (Phi) is 32.4. The molecule has 0 fully saturated rings. The first kappa shape index (κ1) is 59.3. The molecule has 3 heteroatoms. The summed E-state index contributed by atoms with van der Waals surface area (Å²) in [4.78, 5) is 0.399. The SMILES string of the molecule is CC(C)=CCC/C(C)=C/CC/C(C)=C/CC/C(C)=C\CC/C(C)=C\CC/C(C)=C\CC/C(C)=C\CC/C(C)=C\CC/C(C)=C\CC/C(C)=C\CC/C(C)=C\CS(=O)(=O)c1ccc(C)cc1. The molecule has 0 spiro atoms. The van der Waals surface area contributed by atoms with E-state index in [0.29, 0.717) is 4.90 Å². The zero-order valence-electron chi connectivity index (χ0n) is 44.2. The number of hydrogen-bond donors (Lipinski definition) is 0. The minimum absolute atomic E-state index is 0.0619. The summed E-state index contributed by atoms with van der Waals surface area (Å²) in [6.45, 7) is 28.9. The minimum atomic E-state index is -3.28. The van der Waals surface area contributed by atoms with Crippen LogP contribution in [0.3, 0.4) is 0 Å². The van der Waals surface area contributed by atoms with E-state index in [9.17, 15) is 8.42 Å². The monoisotopic (exact) mass is 905 g/mol. The Labute approximate surface area is 403 Å². The quantitative estimate of drug-likeness (QED) is 0.0659. The lowest BCUT2D eigenvalue weighted by Gasteiger charge is -2.05. The van der Waals surface area contributed by atoms with Crippen molar-refractivity contribution in [3.05, 3.63) is 158 Å². The average molecular weight is 906 g/mol. The molecule has 0 atom stereocenters. The molecule has 362 valence electrons. The predicted octanol–water partition coefficient (Wildman–Crippen LogP) is 20.0. The molecule has 0 N–H and O–H groups in total. The summed E-state index contributed by atoms with van der Waals surface area (Å²) >= 11 is 0. The van der Waals surface area contributed by atoms with Crippen LogP contribution in [-0.4, -0.2) is 14.2 Å². The molecule has 0 aliphatic heterocycles. The van der Waals surface area contributed by atoms with Crippen molar-refractivity contribution >= 4 is 9.84 Å². The summed E-state index contributed by atoms with van der Waals surface area (Å²) in [5.41, 5.74) is 17.1. The van der Waals surface area contributed by atoms with Crippen LogP contribution in [0, 0.1) is 6.92 Å². The van der Waals surface area contributed by atoms with Gasteiger partial charge in [-0.05, 0) is 231 Å². The van der Waals surface area contributed by atoms with Crippen molar-refractivity contribution in [3.63, 3.8) is 0 Å². The summed E-state index contributed by atoms with van der Waals surface area (Å²) in [6.07, 6.45) is 48.5. The maximum absolute atomic E-state index is 12.6. The van der Waals surface area contributed by atoms with E-state index >= 15 is 0 Å². The minimum Gasteiger partial charge on any atom is -0.223 e. The van der Waals surface area contributed by atoms with Crippen LogP contribution in [0.1, 0.15) is 217 Å². The predicted molar refractivity (Wildman–Crippen MR) is 293 cm³/mol. The normalized spacial score (nSPS) is 14.7. The van der Waals surface area contributed by atoms with Gasteiger partial charge in [0, 0.05) is 0 Å². The molecule has 1 aromatic rings. The second-order valence-corrected chi connectivity index (χ2v) is 21.8. The summed E-state index contributed by atoms with van der Waals surface area (Å²) < 4.78 is 25.3. The molecule has 2 nitrogen and oxygen atoms in total.